The molecule has 86 valence electrons. The van der Waals surface area contributed by atoms with Gasteiger partial charge in [-0.2, -0.15) is 0 Å². The first-order chi connectivity index (χ1) is 7.00. The molecule has 5 nitrogen and oxygen atoms in total. The summed E-state index contributed by atoms with van der Waals surface area (Å²) in [7, 11) is 0. The van der Waals surface area contributed by atoms with E-state index in [-0.39, 0.29) is 12.3 Å². The number of carboxylic acid groups (broad SMARTS) is 1. The Labute approximate surface area is 89.7 Å². The fourth-order valence-electron chi connectivity index (χ4n) is 1.63. The number of hydrogen-bond donors (Lipinski definition) is 1. The van der Waals surface area contributed by atoms with Gasteiger partial charge in [0.25, 0.3) is 0 Å². The van der Waals surface area contributed by atoms with Gasteiger partial charge in [0.1, 0.15) is 0 Å². The van der Waals surface area contributed by atoms with Crippen LogP contribution in [0.15, 0.2) is 0 Å². The SMILES string of the molecule is CC(C)N1CCN(CCC(=O)O)C(=O)C1. The van der Waals surface area contributed by atoms with E-state index >= 15 is 0 Å². The fourth-order valence-corrected chi connectivity index (χ4v) is 1.63. The van der Waals surface area contributed by atoms with Gasteiger partial charge in [-0.3, -0.25) is 14.5 Å². The van der Waals surface area contributed by atoms with Crippen LogP contribution >= 0.6 is 0 Å². The predicted octanol–water partition coefficient (Wildman–Crippen LogP) is 0.0137. The zero-order valence-electron chi connectivity index (χ0n) is 9.27. The molecule has 0 aromatic carbocycles. The van der Waals surface area contributed by atoms with Crippen molar-refractivity contribution in [3.05, 3.63) is 0 Å². The van der Waals surface area contributed by atoms with E-state index < -0.39 is 5.97 Å². The lowest BCUT2D eigenvalue weighted by molar-refractivity contribution is -0.140. The van der Waals surface area contributed by atoms with Gasteiger partial charge >= 0.3 is 5.97 Å². The molecule has 1 N–H and O–H groups in total. The molecule has 0 bridgehead atoms. The second-order valence-electron chi connectivity index (χ2n) is 4.09. The van der Waals surface area contributed by atoms with Crippen molar-refractivity contribution in [2.75, 3.05) is 26.2 Å². The molecule has 0 unspecified atom stereocenters. The van der Waals surface area contributed by atoms with Crippen molar-refractivity contribution < 1.29 is 14.7 Å². The highest BCUT2D eigenvalue weighted by atomic mass is 16.4. The first-order valence-corrected chi connectivity index (χ1v) is 5.24. The smallest absolute Gasteiger partial charge is 0.305 e. The Hall–Kier alpha value is -1.10. The van der Waals surface area contributed by atoms with Crippen LogP contribution in [0.1, 0.15) is 20.3 Å². The monoisotopic (exact) mass is 214 g/mol. The molecule has 0 radical (unpaired) electrons. The quantitative estimate of drug-likeness (QED) is 0.716. The van der Waals surface area contributed by atoms with E-state index in [1.165, 1.54) is 0 Å². The van der Waals surface area contributed by atoms with Crippen LogP contribution in [0.25, 0.3) is 0 Å². The second kappa shape index (κ2) is 5.11. The van der Waals surface area contributed by atoms with Crippen LogP contribution in [0.4, 0.5) is 0 Å². The van der Waals surface area contributed by atoms with Crippen LogP contribution in [0, 0.1) is 0 Å². The first kappa shape index (κ1) is 12.0. The molecule has 0 aromatic heterocycles. The van der Waals surface area contributed by atoms with Crippen molar-refractivity contribution in [1.82, 2.24) is 9.80 Å². The van der Waals surface area contributed by atoms with Crippen LogP contribution < -0.4 is 0 Å². The summed E-state index contributed by atoms with van der Waals surface area (Å²) in [6, 6.07) is 0.371. The van der Waals surface area contributed by atoms with Gasteiger partial charge in [-0.25, -0.2) is 0 Å². The number of rotatable bonds is 4. The molecule has 0 aromatic rings. The van der Waals surface area contributed by atoms with E-state index in [1.54, 1.807) is 4.90 Å². The van der Waals surface area contributed by atoms with Crippen LogP contribution in [-0.4, -0.2) is 59.0 Å². The standard InChI is InChI=1S/C10H18N2O3/c1-8(2)12-6-5-11(9(13)7-12)4-3-10(14)15/h8H,3-7H2,1-2H3,(H,14,15). The van der Waals surface area contributed by atoms with Gasteiger partial charge in [-0.15, -0.1) is 0 Å². The highest BCUT2D eigenvalue weighted by molar-refractivity contribution is 5.79. The van der Waals surface area contributed by atoms with E-state index in [0.717, 1.165) is 6.54 Å². The molecule has 15 heavy (non-hydrogen) atoms. The van der Waals surface area contributed by atoms with E-state index in [1.807, 2.05) is 0 Å². The van der Waals surface area contributed by atoms with Gasteiger partial charge in [0.2, 0.25) is 5.91 Å². The van der Waals surface area contributed by atoms with Crippen molar-refractivity contribution in [3.8, 4) is 0 Å². The Kier molecular flexibility index (Phi) is 4.08. The van der Waals surface area contributed by atoms with Crippen molar-refractivity contribution >= 4 is 11.9 Å². The molecule has 1 aliphatic rings. The van der Waals surface area contributed by atoms with E-state index in [2.05, 4.69) is 18.7 Å². The lowest BCUT2D eigenvalue weighted by atomic mass is 10.2. The molecule has 1 aliphatic heterocycles. The highest BCUT2D eigenvalue weighted by Gasteiger charge is 2.25. The van der Waals surface area contributed by atoms with Crippen LogP contribution in [0.2, 0.25) is 0 Å². The third-order valence-corrected chi connectivity index (χ3v) is 2.67. The Bertz CT molecular complexity index is 253. The fraction of sp³-hybridized carbons (Fsp3) is 0.800. The number of carboxylic acids is 1. The van der Waals surface area contributed by atoms with Gasteiger partial charge in [0.05, 0.1) is 13.0 Å². The average molecular weight is 214 g/mol. The van der Waals surface area contributed by atoms with Crippen molar-refractivity contribution in [2.24, 2.45) is 0 Å². The summed E-state index contributed by atoms with van der Waals surface area (Å²) in [5.74, 6) is -0.815. The highest BCUT2D eigenvalue weighted by Crippen LogP contribution is 2.07. The van der Waals surface area contributed by atoms with Crippen molar-refractivity contribution in [3.63, 3.8) is 0 Å². The maximum atomic E-state index is 11.6. The number of nitrogens with zero attached hydrogens (tertiary/aromatic N) is 2. The van der Waals surface area contributed by atoms with Crippen molar-refractivity contribution in [2.45, 2.75) is 26.3 Å². The molecule has 1 amide bonds. The summed E-state index contributed by atoms with van der Waals surface area (Å²) < 4.78 is 0. The van der Waals surface area contributed by atoms with Crippen LogP contribution in [-0.2, 0) is 9.59 Å². The number of piperazine rings is 1. The molecule has 0 spiro atoms. The minimum absolute atomic E-state index is 0.0351. The molecule has 1 heterocycles. The third kappa shape index (κ3) is 3.51. The topological polar surface area (TPSA) is 60.9 Å². The third-order valence-electron chi connectivity index (χ3n) is 2.67. The Morgan fingerprint density at radius 2 is 2.13 bits per heavy atom. The molecule has 0 atom stereocenters. The van der Waals surface area contributed by atoms with Gasteiger partial charge in [0, 0.05) is 25.7 Å². The Balaban J connectivity index is 2.39. The van der Waals surface area contributed by atoms with Crippen LogP contribution in [0.5, 0.6) is 0 Å². The zero-order valence-corrected chi connectivity index (χ0v) is 9.27. The van der Waals surface area contributed by atoms with Gasteiger partial charge in [-0.1, -0.05) is 0 Å². The summed E-state index contributed by atoms with van der Waals surface area (Å²) in [4.78, 5) is 25.7. The summed E-state index contributed by atoms with van der Waals surface area (Å²) in [6.07, 6.45) is 0.0351. The molecule has 1 rings (SSSR count). The number of carbonyl (C=O) groups excluding carboxylic acids is 1. The lowest BCUT2D eigenvalue weighted by Crippen LogP contribution is -2.52. The van der Waals surface area contributed by atoms with E-state index in [0.29, 0.717) is 25.7 Å². The Morgan fingerprint density at radius 1 is 1.47 bits per heavy atom. The summed E-state index contributed by atoms with van der Waals surface area (Å²) in [6.45, 7) is 6.34. The summed E-state index contributed by atoms with van der Waals surface area (Å²) in [5.41, 5.74) is 0. The number of hydrogen-bond acceptors (Lipinski definition) is 3. The minimum Gasteiger partial charge on any atom is -0.481 e. The maximum absolute atomic E-state index is 11.6. The van der Waals surface area contributed by atoms with Crippen LogP contribution in [0.3, 0.4) is 0 Å². The predicted molar refractivity (Wildman–Crippen MR) is 55.5 cm³/mol. The minimum atomic E-state index is -0.853. The van der Waals surface area contributed by atoms with Gasteiger partial charge in [0.15, 0.2) is 0 Å². The zero-order chi connectivity index (χ0) is 11.4. The number of carbonyl (C=O) groups is 2. The number of aliphatic carboxylic acids is 1. The summed E-state index contributed by atoms with van der Waals surface area (Å²) >= 11 is 0. The lowest BCUT2D eigenvalue weighted by Gasteiger charge is -2.36. The summed E-state index contributed by atoms with van der Waals surface area (Å²) in [5, 5.41) is 8.52. The van der Waals surface area contributed by atoms with Crippen molar-refractivity contribution in [1.29, 1.82) is 0 Å². The molecular weight excluding hydrogens is 196 g/mol. The van der Waals surface area contributed by atoms with Gasteiger partial charge < -0.3 is 10.0 Å². The first-order valence-electron chi connectivity index (χ1n) is 5.24. The van der Waals surface area contributed by atoms with Gasteiger partial charge in [-0.05, 0) is 13.8 Å². The average Bonchev–Trinajstić information content (AvgIpc) is 2.15. The molecular formula is C10H18N2O3. The van der Waals surface area contributed by atoms with E-state index in [9.17, 15) is 9.59 Å². The molecule has 1 saturated heterocycles. The second-order valence-corrected chi connectivity index (χ2v) is 4.09. The Morgan fingerprint density at radius 3 is 2.60 bits per heavy atom. The number of amides is 1. The van der Waals surface area contributed by atoms with E-state index in [4.69, 9.17) is 5.11 Å². The molecule has 0 saturated carbocycles. The molecule has 0 aliphatic carbocycles. The largest absolute Gasteiger partial charge is 0.481 e. The molecule has 1 fully saturated rings. The normalized spacial score (nSPS) is 18.6. The maximum Gasteiger partial charge on any atom is 0.305 e. The molecule has 5 heteroatoms.